The number of nitrogens with zero attached hydrogens (tertiary/aromatic N) is 1. The van der Waals surface area contributed by atoms with Gasteiger partial charge in [-0.1, -0.05) is 30.3 Å². The number of rotatable bonds is 6. The Morgan fingerprint density at radius 3 is 2.44 bits per heavy atom. The first kappa shape index (κ1) is 14.7. The number of aliphatic hydroxyl groups is 1. The van der Waals surface area contributed by atoms with Crippen molar-refractivity contribution in [3.8, 4) is 6.07 Å². The average molecular weight is 247 g/mol. The lowest BCUT2D eigenvalue weighted by atomic mass is 9.97. The fourth-order valence-electron chi connectivity index (χ4n) is 1.68. The van der Waals surface area contributed by atoms with Crippen LogP contribution in [0.4, 0.5) is 0 Å². The van der Waals surface area contributed by atoms with Gasteiger partial charge in [-0.25, -0.2) is 0 Å². The summed E-state index contributed by atoms with van der Waals surface area (Å²) in [5.41, 5.74) is 0.332. The Balaban J connectivity index is 2.58. The minimum Gasteiger partial charge on any atom is -0.391 e. The van der Waals surface area contributed by atoms with Gasteiger partial charge in [0.15, 0.2) is 5.60 Å². The maximum Gasteiger partial charge on any atom is 0.152 e. The fourth-order valence-corrected chi connectivity index (χ4v) is 1.68. The molecule has 98 valence electrons. The van der Waals surface area contributed by atoms with E-state index in [-0.39, 0.29) is 6.10 Å². The molecule has 0 saturated carbocycles. The Bertz CT molecular complexity index is 397. The molecule has 0 aliphatic heterocycles. The third-order valence-electron chi connectivity index (χ3n) is 3.10. The van der Waals surface area contributed by atoms with Crippen LogP contribution in [0.25, 0.3) is 0 Å². The zero-order valence-electron chi connectivity index (χ0n) is 11.3. The highest BCUT2D eigenvalue weighted by Crippen LogP contribution is 2.21. The van der Waals surface area contributed by atoms with Crippen molar-refractivity contribution in [3.05, 3.63) is 35.9 Å². The summed E-state index contributed by atoms with van der Waals surface area (Å²) in [5.74, 6) is 0. The van der Waals surface area contributed by atoms with Gasteiger partial charge in [-0.2, -0.15) is 5.26 Å². The van der Waals surface area contributed by atoms with Gasteiger partial charge in [0, 0.05) is 0 Å². The summed E-state index contributed by atoms with van der Waals surface area (Å²) in [6, 6.07) is 12.2. The second kappa shape index (κ2) is 6.53. The van der Waals surface area contributed by atoms with Gasteiger partial charge in [0.05, 0.1) is 18.3 Å². The van der Waals surface area contributed by atoms with Crippen molar-refractivity contribution < 1.29 is 9.84 Å². The van der Waals surface area contributed by atoms with E-state index in [1.807, 2.05) is 30.3 Å². The lowest BCUT2D eigenvalue weighted by molar-refractivity contribution is -0.0901. The van der Waals surface area contributed by atoms with Gasteiger partial charge < -0.3 is 9.84 Å². The molecule has 0 aromatic heterocycles. The lowest BCUT2D eigenvalue weighted by Gasteiger charge is -2.28. The number of hydrogen-bond donors (Lipinski definition) is 1. The second-order valence-electron chi connectivity index (χ2n) is 4.89. The molecule has 1 aromatic carbocycles. The Labute approximate surface area is 109 Å². The summed E-state index contributed by atoms with van der Waals surface area (Å²) >= 11 is 0. The number of hydrogen-bond acceptors (Lipinski definition) is 3. The highest BCUT2D eigenvalue weighted by molar-refractivity contribution is 5.16. The van der Waals surface area contributed by atoms with E-state index in [0.717, 1.165) is 6.42 Å². The number of benzene rings is 1. The highest BCUT2D eigenvalue weighted by Gasteiger charge is 2.28. The van der Waals surface area contributed by atoms with Crippen molar-refractivity contribution in [1.82, 2.24) is 0 Å². The molecule has 0 aliphatic rings. The van der Waals surface area contributed by atoms with Crippen molar-refractivity contribution in [2.75, 3.05) is 0 Å². The van der Waals surface area contributed by atoms with Crippen LogP contribution in [0.3, 0.4) is 0 Å². The first-order valence-electron chi connectivity index (χ1n) is 6.28. The normalized spacial score (nSPS) is 17.5. The molecule has 1 aromatic rings. The van der Waals surface area contributed by atoms with Crippen molar-refractivity contribution in [2.45, 2.75) is 51.4 Å². The molecule has 3 heteroatoms. The molecular formula is C15H21NO2. The topological polar surface area (TPSA) is 53.2 Å². The number of aryl methyl sites for hydroxylation is 1. The molecule has 0 bridgehead atoms. The minimum atomic E-state index is -0.855. The van der Waals surface area contributed by atoms with Gasteiger partial charge in [0.25, 0.3) is 0 Å². The van der Waals surface area contributed by atoms with Crippen LogP contribution in [0.1, 0.15) is 32.8 Å². The molecule has 1 N–H and O–H groups in total. The van der Waals surface area contributed by atoms with Gasteiger partial charge in [0.1, 0.15) is 0 Å². The minimum absolute atomic E-state index is 0.342. The lowest BCUT2D eigenvalue weighted by Crippen LogP contribution is -2.36. The molecule has 0 heterocycles. The van der Waals surface area contributed by atoms with Crippen LogP contribution < -0.4 is 0 Å². The molecule has 1 rings (SSSR count). The molecule has 0 amide bonds. The first-order chi connectivity index (χ1) is 8.47. The molecular weight excluding hydrogens is 226 g/mol. The Morgan fingerprint density at radius 1 is 1.33 bits per heavy atom. The molecule has 18 heavy (non-hydrogen) atoms. The average Bonchev–Trinajstić information content (AvgIpc) is 2.37. The monoisotopic (exact) mass is 247 g/mol. The zero-order valence-corrected chi connectivity index (χ0v) is 11.3. The summed E-state index contributed by atoms with van der Waals surface area (Å²) in [6.07, 6.45) is 0.488. The second-order valence-corrected chi connectivity index (χ2v) is 4.89. The quantitative estimate of drug-likeness (QED) is 0.841. The highest BCUT2D eigenvalue weighted by atomic mass is 16.5. The number of nitriles is 1. The van der Waals surface area contributed by atoms with Crippen molar-refractivity contribution >= 4 is 0 Å². The van der Waals surface area contributed by atoms with Gasteiger partial charge >= 0.3 is 0 Å². The zero-order chi connectivity index (χ0) is 13.6. The Kier molecular flexibility index (Phi) is 5.33. The van der Waals surface area contributed by atoms with Crippen LogP contribution >= 0.6 is 0 Å². The van der Waals surface area contributed by atoms with E-state index in [9.17, 15) is 10.4 Å². The maximum absolute atomic E-state index is 9.43. The van der Waals surface area contributed by atoms with Crippen LogP contribution in [0.15, 0.2) is 30.3 Å². The number of ether oxygens (including phenoxy) is 1. The smallest absolute Gasteiger partial charge is 0.152 e. The van der Waals surface area contributed by atoms with E-state index in [0.29, 0.717) is 6.42 Å². The van der Waals surface area contributed by atoms with Gasteiger partial charge in [-0.3, -0.25) is 0 Å². The van der Waals surface area contributed by atoms with E-state index in [1.54, 1.807) is 20.8 Å². The van der Waals surface area contributed by atoms with E-state index in [1.165, 1.54) is 5.56 Å². The molecule has 3 atom stereocenters. The Hall–Kier alpha value is -1.37. The largest absolute Gasteiger partial charge is 0.391 e. The van der Waals surface area contributed by atoms with E-state index < -0.39 is 11.7 Å². The number of aliphatic hydroxyl groups excluding tert-OH is 1. The van der Waals surface area contributed by atoms with Crippen LogP contribution in [-0.2, 0) is 11.2 Å². The van der Waals surface area contributed by atoms with Gasteiger partial charge in [-0.05, 0) is 39.2 Å². The Morgan fingerprint density at radius 2 is 1.94 bits per heavy atom. The predicted molar refractivity (Wildman–Crippen MR) is 71.0 cm³/mol. The first-order valence-corrected chi connectivity index (χ1v) is 6.28. The summed E-state index contributed by atoms with van der Waals surface area (Å²) in [4.78, 5) is 0. The maximum atomic E-state index is 9.43. The molecule has 0 fully saturated rings. The fraction of sp³-hybridized carbons (Fsp3) is 0.533. The van der Waals surface area contributed by atoms with Gasteiger partial charge in [-0.15, -0.1) is 0 Å². The standard InChI is InChI=1S/C15H21NO2/c1-12(17)13(2)18-15(3,11-16)10-9-14-7-5-4-6-8-14/h4-8,12-13,17H,9-10H2,1-3H3. The van der Waals surface area contributed by atoms with E-state index in [2.05, 4.69) is 6.07 Å². The predicted octanol–water partition coefficient (Wildman–Crippen LogP) is 2.69. The van der Waals surface area contributed by atoms with Crippen LogP contribution in [0.5, 0.6) is 0 Å². The van der Waals surface area contributed by atoms with E-state index in [4.69, 9.17) is 4.74 Å². The molecule has 3 unspecified atom stereocenters. The molecule has 0 aliphatic carbocycles. The molecule has 0 radical (unpaired) electrons. The third-order valence-corrected chi connectivity index (χ3v) is 3.10. The summed E-state index contributed by atoms with van der Waals surface area (Å²) in [6.45, 7) is 5.22. The molecule has 3 nitrogen and oxygen atoms in total. The van der Waals surface area contributed by atoms with Crippen molar-refractivity contribution in [2.24, 2.45) is 0 Å². The summed E-state index contributed by atoms with van der Waals surface area (Å²) < 4.78 is 5.66. The van der Waals surface area contributed by atoms with Crippen LogP contribution in [0.2, 0.25) is 0 Å². The third kappa shape index (κ3) is 4.48. The SMILES string of the molecule is CC(O)C(C)OC(C)(C#N)CCc1ccccc1. The van der Waals surface area contributed by atoms with Crippen LogP contribution in [0, 0.1) is 11.3 Å². The van der Waals surface area contributed by atoms with Crippen LogP contribution in [-0.4, -0.2) is 22.9 Å². The summed E-state index contributed by atoms with van der Waals surface area (Å²) in [5, 5.41) is 18.7. The van der Waals surface area contributed by atoms with Crippen molar-refractivity contribution in [3.63, 3.8) is 0 Å². The van der Waals surface area contributed by atoms with E-state index >= 15 is 0 Å². The molecule has 0 saturated heterocycles. The van der Waals surface area contributed by atoms with Crippen molar-refractivity contribution in [1.29, 1.82) is 5.26 Å². The summed E-state index contributed by atoms with van der Waals surface area (Å²) in [7, 11) is 0. The van der Waals surface area contributed by atoms with Gasteiger partial charge in [0.2, 0.25) is 0 Å². The molecule has 0 spiro atoms.